The zero-order chi connectivity index (χ0) is 8.39. The van der Waals surface area contributed by atoms with Crippen LogP contribution in [0.5, 0.6) is 0 Å². The molecule has 0 atom stereocenters. The summed E-state index contributed by atoms with van der Waals surface area (Å²) in [5, 5.41) is 0. The van der Waals surface area contributed by atoms with Crippen LogP contribution in [0.25, 0.3) is 0 Å². The summed E-state index contributed by atoms with van der Waals surface area (Å²) in [6.07, 6.45) is 15.2. The summed E-state index contributed by atoms with van der Waals surface area (Å²) in [5.41, 5.74) is 2.90. The molecular formula is C12H16Hf. The van der Waals surface area contributed by atoms with Crippen LogP contribution >= 0.6 is 0 Å². The van der Waals surface area contributed by atoms with Crippen LogP contribution in [-0.2, 0) is 25.8 Å². The van der Waals surface area contributed by atoms with Crippen molar-refractivity contribution in [2.24, 2.45) is 5.92 Å². The van der Waals surface area contributed by atoms with Gasteiger partial charge in [-0.3, -0.25) is 0 Å². The van der Waals surface area contributed by atoms with Gasteiger partial charge in [-0.1, -0.05) is 47.6 Å². The van der Waals surface area contributed by atoms with Crippen molar-refractivity contribution in [1.29, 1.82) is 0 Å². The Morgan fingerprint density at radius 3 is 1.85 bits per heavy atom. The molecule has 2 aliphatic rings. The van der Waals surface area contributed by atoms with Gasteiger partial charge in [-0.25, -0.2) is 0 Å². The average Bonchev–Trinajstić information content (AvgIpc) is 2.77. The van der Waals surface area contributed by atoms with E-state index in [2.05, 4.69) is 43.4 Å². The molecule has 0 heterocycles. The summed E-state index contributed by atoms with van der Waals surface area (Å²) >= 11 is 0. The van der Waals surface area contributed by atoms with Crippen LogP contribution in [0.15, 0.2) is 47.6 Å². The SMILES string of the molecule is [CH2-]C(C1=CC=CC1)C1=CC=CC1.[H-].[H-].[H-].[Hf+4]. The molecule has 0 fully saturated rings. The van der Waals surface area contributed by atoms with Crippen LogP contribution < -0.4 is 0 Å². The second kappa shape index (κ2) is 4.90. The number of hydrogen-bond donors (Lipinski definition) is 0. The van der Waals surface area contributed by atoms with Gasteiger partial charge in [0.05, 0.1) is 0 Å². The summed E-state index contributed by atoms with van der Waals surface area (Å²) in [7, 11) is 0. The third-order valence-electron chi connectivity index (χ3n) is 2.50. The molecule has 0 bridgehead atoms. The average molecular weight is 339 g/mol. The zero-order valence-corrected chi connectivity index (χ0v) is 11.3. The third-order valence-corrected chi connectivity index (χ3v) is 2.50. The molecule has 0 unspecified atom stereocenters. The molecular weight excluding hydrogens is 323 g/mol. The molecule has 0 spiro atoms. The van der Waals surface area contributed by atoms with E-state index in [1.807, 2.05) is 0 Å². The fourth-order valence-corrected chi connectivity index (χ4v) is 1.68. The Balaban J connectivity index is -0.000000422. The van der Waals surface area contributed by atoms with Crippen molar-refractivity contribution < 1.29 is 30.1 Å². The Morgan fingerprint density at radius 2 is 1.54 bits per heavy atom. The van der Waals surface area contributed by atoms with E-state index in [9.17, 15) is 0 Å². The van der Waals surface area contributed by atoms with E-state index in [0.29, 0.717) is 5.92 Å². The van der Waals surface area contributed by atoms with Gasteiger partial charge in [-0.2, -0.15) is 0 Å². The Kier molecular flexibility index (Phi) is 4.11. The first-order valence-corrected chi connectivity index (χ1v) is 4.42. The molecule has 0 radical (unpaired) electrons. The van der Waals surface area contributed by atoms with Crippen LogP contribution in [0.3, 0.4) is 0 Å². The van der Waals surface area contributed by atoms with Gasteiger partial charge < -0.3 is 11.2 Å². The normalized spacial score (nSPS) is 18.9. The Bertz CT molecular complexity index is 273. The van der Waals surface area contributed by atoms with Gasteiger partial charge in [0.15, 0.2) is 0 Å². The zero-order valence-electron chi connectivity index (χ0n) is 10.7. The van der Waals surface area contributed by atoms with Crippen molar-refractivity contribution in [3.63, 3.8) is 0 Å². The minimum absolute atomic E-state index is 0. The molecule has 0 aromatic heterocycles. The van der Waals surface area contributed by atoms with Gasteiger partial charge in [0.1, 0.15) is 0 Å². The van der Waals surface area contributed by atoms with Gasteiger partial charge >= 0.3 is 25.8 Å². The minimum atomic E-state index is 0. The largest absolute Gasteiger partial charge is 4.00 e. The van der Waals surface area contributed by atoms with Crippen molar-refractivity contribution in [2.45, 2.75) is 12.8 Å². The number of allylic oxidation sites excluding steroid dienone is 8. The van der Waals surface area contributed by atoms with E-state index >= 15 is 0 Å². The quantitative estimate of drug-likeness (QED) is 0.533. The Morgan fingerprint density at radius 1 is 1.08 bits per heavy atom. The summed E-state index contributed by atoms with van der Waals surface area (Å²) in [5.74, 6) is 0.398. The smallest absolute Gasteiger partial charge is 1.00 e. The van der Waals surface area contributed by atoms with Gasteiger partial charge in [0.2, 0.25) is 0 Å². The summed E-state index contributed by atoms with van der Waals surface area (Å²) in [4.78, 5) is 0. The van der Waals surface area contributed by atoms with Crippen LogP contribution in [-0.4, -0.2) is 0 Å². The van der Waals surface area contributed by atoms with Crippen LogP contribution in [0.1, 0.15) is 17.1 Å². The van der Waals surface area contributed by atoms with Crippen molar-refractivity contribution in [1.82, 2.24) is 0 Å². The van der Waals surface area contributed by atoms with E-state index in [1.54, 1.807) is 0 Å². The second-order valence-electron chi connectivity index (χ2n) is 3.30. The van der Waals surface area contributed by atoms with Crippen LogP contribution in [0, 0.1) is 12.8 Å². The first-order valence-electron chi connectivity index (χ1n) is 4.42. The summed E-state index contributed by atoms with van der Waals surface area (Å²) in [6.45, 7) is 4.19. The van der Waals surface area contributed by atoms with E-state index < -0.39 is 0 Å². The molecule has 2 aliphatic carbocycles. The molecule has 0 aromatic rings. The first kappa shape index (κ1) is 10.9. The molecule has 13 heavy (non-hydrogen) atoms. The number of hydrogen-bond acceptors (Lipinski definition) is 0. The van der Waals surface area contributed by atoms with Gasteiger partial charge in [-0.05, 0) is 12.8 Å². The predicted molar refractivity (Wildman–Crippen MR) is 55.9 cm³/mol. The van der Waals surface area contributed by atoms with Gasteiger partial charge in [0.25, 0.3) is 0 Å². The molecule has 0 N–H and O–H groups in total. The van der Waals surface area contributed by atoms with E-state index in [0.717, 1.165) is 12.8 Å². The third kappa shape index (κ3) is 2.40. The summed E-state index contributed by atoms with van der Waals surface area (Å²) in [6, 6.07) is 0. The molecule has 0 saturated heterocycles. The molecule has 0 aromatic carbocycles. The predicted octanol–water partition coefficient (Wildman–Crippen LogP) is 3.54. The molecule has 0 saturated carbocycles. The Hall–Kier alpha value is -0.170. The van der Waals surface area contributed by atoms with Gasteiger partial charge in [0, 0.05) is 0 Å². The topological polar surface area (TPSA) is 0 Å². The molecule has 0 aliphatic heterocycles. The maximum absolute atomic E-state index is 4.19. The molecule has 68 valence electrons. The van der Waals surface area contributed by atoms with E-state index in [-0.39, 0.29) is 30.1 Å². The maximum atomic E-state index is 4.19. The number of rotatable bonds is 2. The minimum Gasteiger partial charge on any atom is -1.00 e. The molecule has 2 rings (SSSR count). The van der Waals surface area contributed by atoms with Crippen molar-refractivity contribution >= 4 is 0 Å². The molecule has 1 heteroatoms. The van der Waals surface area contributed by atoms with Gasteiger partial charge in [-0.15, -0.1) is 5.92 Å². The fourth-order valence-electron chi connectivity index (χ4n) is 1.68. The monoisotopic (exact) mass is 340 g/mol. The molecule has 0 nitrogen and oxygen atoms in total. The second-order valence-corrected chi connectivity index (χ2v) is 3.30. The van der Waals surface area contributed by atoms with Crippen LogP contribution in [0.2, 0.25) is 0 Å². The standard InChI is InChI=1S/C12H13.Hf.3H/c1-10(11-6-2-3-7-11)12-8-4-5-9-12;;;;/h2-6,8,10H,1,7,9H2;;;;/q-1;+4;3*-1. The fraction of sp³-hybridized carbons (Fsp3) is 0.250. The van der Waals surface area contributed by atoms with Crippen molar-refractivity contribution in [2.75, 3.05) is 0 Å². The van der Waals surface area contributed by atoms with E-state index in [1.165, 1.54) is 11.1 Å². The molecule has 0 amide bonds. The first-order chi connectivity index (χ1) is 5.88. The Labute approximate surface area is 103 Å². The van der Waals surface area contributed by atoms with Crippen molar-refractivity contribution in [3.8, 4) is 0 Å². The summed E-state index contributed by atoms with van der Waals surface area (Å²) < 4.78 is 0. The van der Waals surface area contributed by atoms with Crippen molar-refractivity contribution in [3.05, 3.63) is 54.5 Å². The van der Waals surface area contributed by atoms with E-state index in [4.69, 9.17) is 0 Å². The maximum Gasteiger partial charge on any atom is 4.00 e. The van der Waals surface area contributed by atoms with Crippen LogP contribution in [0.4, 0.5) is 0 Å².